The maximum Gasteiger partial charge on any atom is 0.416 e. The molecule has 1 saturated heterocycles. The molecule has 1 heterocycles. The highest BCUT2D eigenvalue weighted by molar-refractivity contribution is 5.95. The second-order valence-corrected chi connectivity index (χ2v) is 6.03. The average Bonchev–Trinajstić information content (AvgIpc) is 2.63. The fraction of sp³-hybridized carbons (Fsp3) is 0.316. The lowest BCUT2D eigenvalue weighted by Crippen LogP contribution is -2.43. The SMILES string of the molecule is O=C(Nc1cccc(C(F)(F)F)c1)[C@@H](c1ccccc1)N1CCOCC1. The van der Waals surface area contributed by atoms with Crippen LogP contribution < -0.4 is 5.32 Å². The van der Waals surface area contributed by atoms with Gasteiger partial charge in [-0.15, -0.1) is 0 Å². The van der Waals surface area contributed by atoms with Crippen molar-refractivity contribution < 1.29 is 22.7 Å². The van der Waals surface area contributed by atoms with Crippen molar-refractivity contribution in [3.05, 3.63) is 65.7 Å². The van der Waals surface area contributed by atoms with Crippen LogP contribution in [0.25, 0.3) is 0 Å². The predicted octanol–water partition coefficient (Wildman–Crippen LogP) is 3.72. The average molecular weight is 364 g/mol. The first-order valence-corrected chi connectivity index (χ1v) is 8.30. The Hall–Kier alpha value is -2.38. The Kier molecular flexibility index (Phi) is 5.58. The molecule has 0 spiro atoms. The van der Waals surface area contributed by atoms with Gasteiger partial charge in [-0.25, -0.2) is 0 Å². The third-order valence-electron chi connectivity index (χ3n) is 4.23. The molecule has 1 aliphatic heterocycles. The van der Waals surface area contributed by atoms with E-state index in [4.69, 9.17) is 4.74 Å². The van der Waals surface area contributed by atoms with E-state index in [0.717, 1.165) is 17.7 Å². The quantitative estimate of drug-likeness (QED) is 0.899. The Morgan fingerprint density at radius 2 is 1.73 bits per heavy atom. The molecule has 1 aliphatic rings. The van der Waals surface area contributed by atoms with E-state index in [1.54, 1.807) is 0 Å². The smallest absolute Gasteiger partial charge is 0.379 e. The molecule has 0 saturated carbocycles. The highest BCUT2D eigenvalue weighted by Gasteiger charge is 2.32. The minimum Gasteiger partial charge on any atom is -0.379 e. The number of nitrogens with one attached hydrogen (secondary N) is 1. The monoisotopic (exact) mass is 364 g/mol. The molecular formula is C19H19F3N2O2. The zero-order valence-electron chi connectivity index (χ0n) is 14.0. The highest BCUT2D eigenvalue weighted by atomic mass is 19.4. The Bertz CT molecular complexity index is 744. The first-order valence-electron chi connectivity index (χ1n) is 8.30. The van der Waals surface area contributed by atoms with Crippen molar-refractivity contribution in [3.63, 3.8) is 0 Å². The van der Waals surface area contributed by atoms with E-state index in [0.29, 0.717) is 26.3 Å². The molecule has 0 aromatic heterocycles. The summed E-state index contributed by atoms with van der Waals surface area (Å²) in [6.45, 7) is 2.19. The second kappa shape index (κ2) is 7.88. The molecular weight excluding hydrogens is 345 g/mol. The third kappa shape index (κ3) is 4.42. The number of carbonyl (C=O) groups excluding carboxylic acids is 1. The van der Waals surface area contributed by atoms with Crippen molar-refractivity contribution in [2.24, 2.45) is 0 Å². The van der Waals surface area contributed by atoms with Gasteiger partial charge in [-0.05, 0) is 23.8 Å². The van der Waals surface area contributed by atoms with E-state index in [1.807, 2.05) is 35.2 Å². The standard InChI is InChI=1S/C19H19F3N2O2/c20-19(21,22)15-7-4-8-16(13-15)23-18(25)17(14-5-2-1-3-6-14)24-9-11-26-12-10-24/h1-8,13,17H,9-12H2,(H,23,25)/t17-/m1/s1. The largest absolute Gasteiger partial charge is 0.416 e. The van der Waals surface area contributed by atoms with Crippen LogP contribution in [0.2, 0.25) is 0 Å². The molecule has 2 aromatic carbocycles. The number of rotatable bonds is 4. The van der Waals surface area contributed by atoms with Gasteiger partial charge < -0.3 is 10.1 Å². The number of anilines is 1. The first kappa shape index (κ1) is 18.4. The van der Waals surface area contributed by atoms with Gasteiger partial charge in [0.25, 0.3) is 0 Å². The number of hydrogen-bond acceptors (Lipinski definition) is 3. The van der Waals surface area contributed by atoms with Gasteiger partial charge in [-0.2, -0.15) is 13.2 Å². The van der Waals surface area contributed by atoms with Crippen LogP contribution in [0.1, 0.15) is 17.2 Å². The molecule has 1 fully saturated rings. The van der Waals surface area contributed by atoms with E-state index in [2.05, 4.69) is 5.32 Å². The van der Waals surface area contributed by atoms with Crippen LogP contribution >= 0.6 is 0 Å². The fourth-order valence-electron chi connectivity index (χ4n) is 2.98. The van der Waals surface area contributed by atoms with Gasteiger partial charge in [-0.3, -0.25) is 9.69 Å². The molecule has 138 valence electrons. The van der Waals surface area contributed by atoms with Gasteiger partial charge in [-0.1, -0.05) is 36.4 Å². The minimum atomic E-state index is -4.45. The summed E-state index contributed by atoms with van der Waals surface area (Å²) in [7, 11) is 0. The summed E-state index contributed by atoms with van der Waals surface area (Å²) < 4.78 is 44.0. The van der Waals surface area contributed by atoms with Crippen molar-refractivity contribution in [1.29, 1.82) is 0 Å². The lowest BCUT2D eigenvalue weighted by molar-refractivity contribution is -0.137. The van der Waals surface area contributed by atoms with E-state index < -0.39 is 17.8 Å². The Morgan fingerprint density at radius 3 is 2.38 bits per heavy atom. The van der Waals surface area contributed by atoms with Gasteiger partial charge in [0.1, 0.15) is 6.04 Å². The highest BCUT2D eigenvalue weighted by Crippen LogP contribution is 2.31. The normalized spacial score (nSPS) is 16.9. The fourth-order valence-corrected chi connectivity index (χ4v) is 2.98. The molecule has 0 radical (unpaired) electrons. The van der Waals surface area contributed by atoms with E-state index in [-0.39, 0.29) is 11.6 Å². The lowest BCUT2D eigenvalue weighted by atomic mass is 10.0. The first-order chi connectivity index (χ1) is 12.4. The van der Waals surface area contributed by atoms with Crippen LogP contribution in [-0.4, -0.2) is 37.1 Å². The van der Waals surface area contributed by atoms with Crippen molar-refractivity contribution in [1.82, 2.24) is 4.90 Å². The molecule has 0 unspecified atom stereocenters. The number of benzene rings is 2. The summed E-state index contributed by atoms with van der Waals surface area (Å²) >= 11 is 0. The molecule has 1 amide bonds. The number of morpholine rings is 1. The van der Waals surface area contributed by atoms with E-state index >= 15 is 0 Å². The van der Waals surface area contributed by atoms with Crippen molar-refractivity contribution in [2.75, 3.05) is 31.6 Å². The number of ether oxygens (including phenoxy) is 1. The summed E-state index contributed by atoms with van der Waals surface area (Å²) in [6, 6.07) is 13.3. The van der Waals surface area contributed by atoms with Gasteiger partial charge >= 0.3 is 6.18 Å². The Balaban J connectivity index is 1.84. The number of carbonyl (C=O) groups is 1. The van der Waals surface area contributed by atoms with Crippen LogP contribution in [0, 0.1) is 0 Å². The second-order valence-electron chi connectivity index (χ2n) is 6.03. The van der Waals surface area contributed by atoms with Gasteiger partial charge in [0.2, 0.25) is 5.91 Å². The zero-order chi connectivity index (χ0) is 18.6. The van der Waals surface area contributed by atoms with E-state index in [1.165, 1.54) is 12.1 Å². The van der Waals surface area contributed by atoms with Crippen LogP contribution in [0.3, 0.4) is 0 Å². The number of alkyl halides is 3. The van der Waals surface area contributed by atoms with Crippen LogP contribution in [0.4, 0.5) is 18.9 Å². The van der Waals surface area contributed by atoms with Crippen LogP contribution in [0.5, 0.6) is 0 Å². The lowest BCUT2D eigenvalue weighted by Gasteiger charge is -2.33. The molecule has 1 N–H and O–H groups in total. The molecule has 3 rings (SSSR count). The van der Waals surface area contributed by atoms with Gasteiger partial charge in [0.05, 0.1) is 18.8 Å². The van der Waals surface area contributed by atoms with Crippen molar-refractivity contribution in [2.45, 2.75) is 12.2 Å². The molecule has 1 atom stereocenters. The third-order valence-corrected chi connectivity index (χ3v) is 4.23. The van der Waals surface area contributed by atoms with Gasteiger partial charge in [0, 0.05) is 18.8 Å². The predicted molar refractivity (Wildman–Crippen MR) is 91.6 cm³/mol. The Morgan fingerprint density at radius 1 is 1.04 bits per heavy atom. The summed E-state index contributed by atoms with van der Waals surface area (Å²) in [4.78, 5) is 14.9. The van der Waals surface area contributed by atoms with Gasteiger partial charge in [0.15, 0.2) is 0 Å². The van der Waals surface area contributed by atoms with Crippen LogP contribution in [0.15, 0.2) is 54.6 Å². The Labute approximate surface area is 149 Å². The molecule has 2 aromatic rings. The van der Waals surface area contributed by atoms with Crippen LogP contribution in [-0.2, 0) is 15.7 Å². The van der Waals surface area contributed by atoms with E-state index in [9.17, 15) is 18.0 Å². The maximum absolute atomic E-state index is 12.9. The van der Waals surface area contributed by atoms with Crippen molar-refractivity contribution >= 4 is 11.6 Å². The number of amides is 1. The number of hydrogen-bond donors (Lipinski definition) is 1. The summed E-state index contributed by atoms with van der Waals surface area (Å²) in [5, 5.41) is 2.63. The number of nitrogens with zero attached hydrogens (tertiary/aromatic N) is 1. The maximum atomic E-state index is 12.9. The molecule has 4 nitrogen and oxygen atoms in total. The molecule has 7 heteroatoms. The molecule has 0 aliphatic carbocycles. The summed E-state index contributed by atoms with van der Waals surface area (Å²) in [5.41, 5.74) is 0.121. The number of halogens is 3. The minimum absolute atomic E-state index is 0.124. The van der Waals surface area contributed by atoms with Crippen molar-refractivity contribution in [3.8, 4) is 0 Å². The zero-order valence-corrected chi connectivity index (χ0v) is 14.0. The summed E-state index contributed by atoms with van der Waals surface area (Å²) in [6.07, 6.45) is -4.45. The molecule has 26 heavy (non-hydrogen) atoms. The topological polar surface area (TPSA) is 41.6 Å². The molecule has 0 bridgehead atoms. The summed E-state index contributed by atoms with van der Waals surface area (Å²) in [5.74, 6) is -0.363.